The second-order valence-electron chi connectivity index (χ2n) is 8.81. The second-order valence-corrected chi connectivity index (χ2v) is 13.1. The monoisotopic (exact) mass is 368 g/mol. The van der Waals surface area contributed by atoms with Crippen LogP contribution in [0.5, 0.6) is 0 Å². The zero-order valence-electron chi connectivity index (χ0n) is 16.5. The van der Waals surface area contributed by atoms with Gasteiger partial charge in [0.25, 0.3) is 8.32 Å². The normalized spacial score (nSPS) is 21.4. The molecular weight excluding hydrogens is 336 g/mol. The maximum absolute atomic E-state index is 9.66. The molecule has 2 nitrogen and oxygen atoms in total. The first-order valence-corrected chi connectivity index (χ1v) is 11.7. The lowest BCUT2D eigenvalue weighted by atomic mass is 10.2. The van der Waals surface area contributed by atoms with Crippen LogP contribution in [0.3, 0.4) is 0 Å². The van der Waals surface area contributed by atoms with Crippen LogP contribution >= 0.6 is 0 Å². The molecule has 1 aliphatic rings. The van der Waals surface area contributed by atoms with Crippen molar-refractivity contribution in [2.45, 2.75) is 51.7 Å². The zero-order valence-corrected chi connectivity index (χ0v) is 17.5. The van der Waals surface area contributed by atoms with E-state index in [1.54, 1.807) is 0 Å². The number of benzene rings is 2. The topological polar surface area (TPSA) is 29.5 Å². The maximum atomic E-state index is 9.66. The summed E-state index contributed by atoms with van der Waals surface area (Å²) in [6.45, 7) is 9.64. The van der Waals surface area contributed by atoms with Crippen LogP contribution in [0.2, 0.25) is 5.04 Å². The van der Waals surface area contributed by atoms with Crippen LogP contribution in [-0.4, -0.2) is 26.1 Å². The summed E-state index contributed by atoms with van der Waals surface area (Å²) >= 11 is 0. The van der Waals surface area contributed by atoms with Crippen LogP contribution in [-0.2, 0) is 4.43 Å². The summed E-state index contributed by atoms with van der Waals surface area (Å²) in [4.78, 5) is 0. The predicted octanol–water partition coefficient (Wildman–Crippen LogP) is 3.97. The number of hydrogen-bond donors (Lipinski definition) is 1. The van der Waals surface area contributed by atoms with Gasteiger partial charge in [0.1, 0.15) is 0 Å². The van der Waals surface area contributed by atoms with E-state index in [-0.39, 0.29) is 11.1 Å². The predicted molar refractivity (Wildman–Crippen MR) is 111 cm³/mol. The van der Waals surface area contributed by atoms with Crippen LogP contribution in [0.25, 0.3) is 0 Å². The van der Waals surface area contributed by atoms with E-state index in [2.05, 4.69) is 81.4 Å². The van der Waals surface area contributed by atoms with E-state index >= 15 is 0 Å². The van der Waals surface area contributed by atoms with Gasteiger partial charge in [-0.3, -0.25) is 0 Å². The van der Waals surface area contributed by atoms with Crippen molar-refractivity contribution in [3.63, 3.8) is 0 Å². The van der Waals surface area contributed by atoms with Crippen molar-refractivity contribution in [3.8, 4) is 0 Å². The van der Waals surface area contributed by atoms with E-state index in [9.17, 15) is 5.11 Å². The molecule has 1 fully saturated rings. The molecule has 3 rings (SSSR count). The Morgan fingerprint density at radius 2 is 1.46 bits per heavy atom. The van der Waals surface area contributed by atoms with Gasteiger partial charge in [-0.2, -0.15) is 0 Å². The standard InChI is InChI=1S/C23H32O2Si/c1-18(24)15-19-16-20(19)17-25-26(23(2,3)4,21-11-7-5-8-12-21)22-13-9-6-10-14-22/h5-14,18-20,24H,15-17H2,1-4H3/t18-,19-,20+/m1/s1. The van der Waals surface area contributed by atoms with Crippen molar-refractivity contribution < 1.29 is 9.53 Å². The molecule has 1 N–H and O–H groups in total. The molecule has 1 aliphatic carbocycles. The molecular formula is C23H32O2Si. The van der Waals surface area contributed by atoms with Crippen molar-refractivity contribution in [2.24, 2.45) is 11.8 Å². The lowest BCUT2D eigenvalue weighted by Gasteiger charge is -2.43. The molecule has 0 bridgehead atoms. The van der Waals surface area contributed by atoms with Gasteiger partial charge in [0.15, 0.2) is 0 Å². The summed E-state index contributed by atoms with van der Waals surface area (Å²) in [7, 11) is -2.40. The van der Waals surface area contributed by atoms with Gasteiger partial charge >= 0.3 is 0 Å². The number of aliphatic hydroxyl groups excluding tert-OH is 1. The van der Waals surface area contributed by atoms with E-state index in [4.69, 9.17) is 4.43 Å². The van der Waals surface area contributed by atoms with E-state index in [1.807, 2.05) is 6.92 Å². The second kappa shape index (κ2) is 7.67. The van der Waals surface area contributed by atoms with Crippen LogP contribution in [0.15, 0.2) is 60.7 Å². The lowest BCUT2D eigenvalue weighted by molar-refractivity contribution is 0.171. The lowest BCUT2D eigenvalue weighted by Crippen LogP contribution is -2.66. The molecule has 0 unspecified atom stereocenters. The Morgan fingerprint density at radius 1 is 0.962 bits per heavy atom. The Hall–Kier alpha value is -1.42. The summed E-state index contributed by atoms with van der Waals surface area (Å²) in [5.41, 5.74) is 0. The van der Waals surface area contributed by atoms with Gasteiger partial charge in [-0.25, -0.2) is 0 Å². The molecule has 0 spiro atoms. The fraction of sp³-hybridized carbons (Fsp3) is 0.478. The number of hydrogen-bond acceptors (Lipinski definition) is 2. The van der Waals surface area contributed by atoms with Gasteiger partial charge in [0.2, 0.25) is 0 Å². The minimum absolute atomic E-state index is 0.0321. The molecule has 140 valence electrons. The molecule has 0 saturated heterocycles. The Bertz CT molecular complexity index is 652. The molecule has 0 aromatic heterocycles. The molecule has 2 aromatic carbocycles. The third kappa shape index (κ3) is 3.95. The minimum Gasteiger partial charge on any atom is -0.407 e. The summed E-state index contributed by atoms with van der Waals surface area (Å²) in [5.74, 6) is 1.21. The Morgan fingerprint density at radius 3 is 1.88 bits per heavy atom. The highest BCUT2D eigenvalue weighted by atomic mass is 28.4. The van der Waals surface area contributed by atoms with Crippen molar-refractivity contribution in [1.82, 2.24) is 0 Å². The minimum atomic E-state index is -2.40. The van der Waals surface area contributed by atoms with E-state index in [0.717, 1.165) is 13.0 Å². The van der Waals surface area contributed by atoms with Crippen molar-refractivity contribution in [2.75, 3.05) is 6.61 Å². The van der Waals surface area contributed by atoms with E-state index in [1.165, 1.54) is 16.8 Å². The van der Waals surface area contributed by atoms with Gasteiger partial charge in [-0.15, -0.1) is 0 Å². The van der Waals surface area contributed by atoms with Crippen LogP contribution in [0.1, 0.15) is 40.5 Å². The molecule has 0 heterocycles. The van der Waals surface area contributed by atoms with Gasteiger partial charge in [0, 0.05) is 6.61 Å². The van der Waals surface area contributed by atoms with Gasteiger partial charge in [-0.1, -0.05) is 81.4 Å². The van der Waals surface area contributed by atoms with Crippen molar-refractivity contribution in [1.29, 1.82) is 0 Å². The fourth-order valence-corrected chi connectivity index (χ4v) is 8.85. The van der Waals surface area contributed by atoms with Gasteiger partial charge in [-0.05, 0) is 47.0 Å². The Kier molecular flexibility index (Phi) is 5.71. The average molecular weight is 369 g/mol. The molecule has 0 amide bonds. The van der Waals surface area contributed by atoms with E-state index < -0.39 is 8.32 Å². The highest BCUT2D eigenvalue weighted by Gasteiger charge is 2.51. The van der Waals surface area contributed by atoms with Crippen molar-refractivity contribution in [3.05, 3.63) is 60.7 Å². The molecule has 3 heteroatoms. The third-order valence-electron chi connectivity index (χ3n) is 5.64. The molecule has 2 aromatic rings. The Labute approximate surface area is 159 Å². The first kappa shape index (κ1) is 19.3. The molecule has 1 saturated carbocycles. The van der Waals surface area contributed by atoms with Gasteiger partial charge < -0.3 is 9.53 Å². The molecule has 26 heavy (non-hydrogen) atoms. The molecule has 0 radical (unpaired) electrons. The van der Waals surface area contributed by atoms with Crippen LogP contribution in [0.4, 0.5) is 0 Å². The first-order chi connectivity index (χ1) is 12.3. The maximum Gasteiger partial charge on any atom is 0.261 e. The quantitative estimate of drug-likeness (QED) is 0.749. The fourth-order valence-electron chi connectivity index (χ4n) is 4.23. The van der Waals surface area contributed by atoms with Gasteiger partial charge in [0.05, 0.1) is 6.10 Å². The molecule has 3 atom stereocenters. The molecule has 0 aliphatic heterocycles. The third-order valence-corrected chi connectivity index (χ3v) is 10.6. The largest absolute Gasteiger partial charge is 0.407 e. The summed E-state index contributed by atoms with van der Waals surface area (Å²) in [5, 5.41) is 12.4. The van der Waals surface area contributed by atoms with Crippen LogP contribution in [0, 0.1) is 11.8 Å². The highest BCUT2D eigenvalue weighted by molar-refractivity contribution is 6.99. The smallest absolute Gasteiger partial charge is 0.261 e. The average Bonchev–Trinajstić information content (AvgIpc) is 3.33. The number of aliphatic hydroxyl groups is 1. The summed E-state index contributed by atoms with van der Waals surface area (Å²) < 4.78 is 6.96. The number of rotatable bonds is 7. The van der Waals surface area contributed by atoms with E-state index in [0.29, 0.717) is 11.8 Å². The first-order valence-electron chi connectivity index (χ1n) is 9.77. The highest BCUT2D eigenvalue weighted by Crippen LogP contribution is 2.44. The zero-order chi connectivity index (χ0) is 18.8. The Balaban J connectivity index is 1.94. The van der Waals surface area contributed by atoms with Crippen LogP contribution < -0.4 is 10.4 Å². The van der Waals surface area contributed by atoms with Crippen molar-refractivity contribution >= 4 is 18.7 Å². The SMILES string of the molecule is C[C@@H](O)C[C@@H]1C[C@H]1CO[Si](c1ccccc1)(c1ccccc1)C(C)(C)C. The summed E-state index contributed by atoms with van der Waals surface area (Å²) in [6.07, 6.45) is 1.87. The summed E-state index contributed by atoms with van der Waals surface area (Å²) in [6, 6.07) is 21.6.